The van der Waals surface area contributed by atoms with Crippen molar-refractivity contribution in [3.05, 3.63) is 16.3 Å². The largest absolute Gasteiger partial charge is 0.379 e. The quantitative estimate of drug-likeness (QED) is 0.822. The zero-order valence-electron chi connectivity index (χ0n) is 12.8. The highest BCUT2D eigenvalue weighted by Crippen LogP contribution is 2.24. The summed E-state index contributed by atoms with van der Waals surface area (Å²) in [5.74, 6) is -0.651. The molecule has 8 heteroatoms. The van der Waals surface area contributed by atoms with Gasteiger partial charge in [-0.15, -0.1) is 11.3 Å². The lowest BCUT2D eigenvalue weighted by Crippen LogP contribution is -2.41. The number of amides is 2. The molecular formula is C15H21N3O4S. The minimum Gasteiger partial charge on any atom is -0.379 e. The number of carbonyl (C=O) groups excluding carboxylic acids is 2. The summed E-state index contributed by atoms with van der Waals surface area (Å²) >= 11 is 1.22. The van der Waals surface area contributed by atoms with Crippen molar-refractivity contribution in [2.75, 3.05) is 38.2 Å². The van der Waals surface area contributed by atoms with E-state index in [-0.39, 0.29) is 12.0 Å². The molecule has 3 rings (SSSR count). The Morgan fingerprint density at radius 1 is 1.35 bits per heavy atom. The van der Waals surface area contributed by atoms with Crippen molar-refractivity contribution in [1.82, 2.24) is 4.90 Å². The van der Waals surface area contributed by atoms with E-state index in [1.807, 2.05) is 0 Å². The first-order valence-corrected chi connectivity index (χ1v) is 8.64. The third-order valence-electron chi connectivity index (χ3n) is 4.08. The number of thiophene rings is 1. The molecule has 2 amide bonds. The second kappa shape index (κ2) is 7.39. The number of rotatable bonds is 5. The molecule has 3 N–H and O–H groups in total. The second-order valence-electron chi connectivity index (χ2n) is 5.79. The summed E-state index contributed by atoms with van der Waals surface area (Å²) in [7, 11) is 0. The molecule has 0 radical (unpaired) electrons. The average Bonchev–Trinajstić information content (AvgIpc) is 3.18. The SMILES string of the molecule is NC(=O)c1cc(NC(=O)[C@@H]2CC[C@H](CN3CCOCC3)O2)cs1. The van der Waals surface area contributed by atoms with E-state index < -0.39 is 12.0 Å². The molecule has 1 aromatic rings. The van der Waals surface area contributed by atoms with Crippen LogP contribution < -0.4 is 11.1 Å². The molecule has 0 bridgehead atoms. The number of nitrogens with two attached hydrogens (primary N) is 1. The highest BCUT2D eigenvalue weighted by molar-refractivity contribution is 7.12. The molecule has 0 saturated carbocycles. The van der Waals surface area contributed by atoms with Crippen LogP contribution in [-0.2, 0) is 14.3 Å². The van der Waals surface area contributed by atoms with Crippen LogP contribution in [0.15, 0.2) is 11.4 Å². The maximum absolute atomic E-state index is 12.3. The summed E-state index contributed by atoms with van der Waals surface area (Å²) in [5.41, 5.74) is 5.80. The summed E-state index contributed by atoms with van der Waals surface area (Å²) in [5, 5.41) is 4.49. The molecule has 0 unspecified atom stereocenters. The molecule has 7 nitrogen and oxygen atoms in total. The van der Waals surface area contributed by atoms with Crippen molar-refractivity contribution in [2.45, 2.75) is 25.0 Å². The van der Waals surface area contributed by atoms with Crippen LogP contribution in [0.25, 0.3) is 0 Å². The maximum atomic E-state index is 12.3. The average molecular weight is 339 g/mol. The van der Waals surface area contributed by atoms with Crippen molar-refractivity contribution >= 4 is 28.8 Å². The van der Waals surface area contributed by atoms with Crippen LogP contribution in [0.3, 0.4) is 0 Å². The third kappa shape index (κ3) is 4.29. The molecule has 0 aromatic carbocycles. The second-order valence-corrected chi connectivity index (χ2v) is 6.70. The molecule has 3 heterocycles. The number of morpholine rings is 1. The first-order valence-electron chi connectivity index (χ1n) is 7.76. The molecule has 0 aliphatic carbocycles. The van der Waals surface area contributed by atoms with Gasteiger partial charge in [-0.2, -0.15) is 0 Å². The Bertz CT molecular complexity index is 571. The van der Waals surface area contributed by atoms with Crippen LogP contribution >= 0.6 is 11.3 Å². The van der Waals surface area contributed by atoms with Crippen LogP contribution in [-0.4, -0.2) is 61.8 Å². The standard InChI is InChI=1S/C15H21N3O4S/c16-14(19)13-7-10(9-23-13)17-15(20)12-2-1-11(22-12)8-18-3-5-21-6-4-18/h7,9,11-12H,1-6,8H2,(H2,16,19)(H,17,20)/t11-,12+/m1/s1. The minimum atomic E-state index is -0.488. The molecule has 1 aromatic heterocycles. The Morgan fingerprint density at radius 3 is 2.83 bits per heavy atom. The number of nitrogens with zero attached hydrogens (tertiary/aromatic N) is 1. The van der Waals surface area contributed by atoms with E-state index in [1.165, 1.54) is 11.3 Å². The minimum absolute atomic E-state index is 0.0903. The summed E-state index contributed by atoms with van der Waals surface area (Å²) in [4.78, 5) is 26.1. The predicted octanol–water partition coefficient (Wildman–Crippen LogP) is 0.665. The Kier molecular flexibility index (Phi) is 5.27. The molecule has 2 fully saturated rings. The zero-order valence-corrected chi connectivity index (χ0v) is 13.6. The highest BCUT2D eigenvalue weighted by Gasteiger charge is 2.32. The number of nitrogens with one attached hydrogen (secondary N) is 1. The van der Waals surface area contributed by atoms with Gasteiger partial charge in [0.05, 0.1) is 29.9 Å². The van der Waals surface area contributed by atoms with Gasteiger partial charge in [-0.3, -0.25) is 14.5 Å². The summed E-state index contributed by atoms with van der Waals surface area (Å²) < 4.78 is 11.2. The molecular weight excluding hydrogens is 318 g/mol. The van der Waals surface area contributed by atoms with Crippen LogP contribution in [0, 0.1) is 0 Å². The maximum Gasteiger partial charge on any atom is 0.258 e. The Hall–Kier alpha value is -1.48. The fourth-order valence-corrected chi connectivity index (χ4v) is 3.55. The van der Waals surface area contributed by atoms with Crippen molar-refractivity contribution in [3.63, 3.8) is 0 Å². The van der Waals surface area contributed by atoms with Crippen molar-refractivity contribution in [1.29, 1.82) is 0 Å². The van der Waals surface area contributed by atoms with Gasteiger partial charge >= 0.3 is 0 Å². The number of anilines is 1. The number of ether oxygens (including phenoxy) is 2. The van der Waals surface area contributed by atoms with Crippen LogP contribution in [0.5, 0.6) is 0 Å². The molecule has 2 aliphatic heterocycles. The van der Waals surface area contributed by atoms with Crippen molar-refractivity contribution in [2.24, 2.45) is 5.73 Å². The van der Waals surface area contributed by atoms with Crippen LogP contribution in [0.2, 0.25) is 0 Å². The summed E-state index contributed by atoms with van der Waals surface area (Å²) in [6.45, 7) is 4.20. The highest BCUT2D eigenvalue weighted by atomic mass is 32.1. The van der Waals surface area contributed by atoms with Crippen LogP contribution in [0.1, 0.15) is 22.5 Å². The lowest BCUT2D eigenvalue weighted by atomic mass is 10.1. The molecule has 2 saturated heterocycles. The summed E-state index contributed by atoms with van der Waals surface area (Å²) in [6.07, 6.45) is 1.25. The van der Waals surface area contributed by atoms with Gasteiger partial charge in [0.25, 0.3) is 11.8 Å². The Morgan fingerprint density at radius 2 is 2.13 bits per heavy atom. The first kappa shape index (κ1) is 16.4. The van der Waals surface area contributed by atoms with Crippen LogP contribution in [0.4, 0.5) is 5.69 Å². The first-order chi connectivity index (χ1) is 11.1. The fourth-order valence-electron chi connectivity index (χ4n) is 2.86. The van der Waals surface area contributed by atoms with Gasteiger partial charge in [0.15, 0.2) is 0 Å². The van der Waals surface area contributed by atoms with E-state index in [1.54, 1.807) is 11.4 Å². The van der Waals surface area contributed by atoms with Gasteiger partial charge in [-0.1, -0.05) is 0 Å². The molecule has 2 aliphatic rings. The van der Waals surface area contributed by atoms with Gasteiger partial charge in [0.2, 0.25) is 0 Å². The molecule has 23 heavy (non-hydrogen) atoms. The van der Waals surface area contributed by atoms with Gasteiger partial charge < -0.3 is 20.5 Å². The number of carbonyl (C=O) groups is 2. The lowest BCUT2D eigenvalue weighted by Gasteiger charge is -2.28. The van der Waals surface area contributed by atoms with Gasteiger partial charge in [0.1, 0.15) is 6.10 Å². The number of hydrogen-bond donors (Lipinski definition) is 2. The van der Waals surface area contributed by atoms with Gasteiger partial charge in [-0.25, -0.2) is 0 Å². The predicted molar refractivity (Wildman–Crippen MR) is 86.6 cm³/mol. The van der Waals surface area contributed by atoms with E-state index >= 15 is 0 Å². The van der Waals surface area contributed by atoms with E-state index in [4.69, 9.17) is 15.2 Å². The smallest absolute Gasteiger partial charge is 0.258 e. The number of hydrogen-bond acceptors (Lipinski definition) is 6. The molecule has 126 valence electrons. The molecule has 0 spiro atoms. The number of primary amides is 1. The van der Waals surface area contributed by atoms with Gasteiger partial charge in [0, 0.05) is 25.0 Å². The van der Waals surface area contributed by atoms with E-state index in [0.29, 0.717) is 17.0 Å². The molecule has 2 atom stereocenters. The van der Waals surface area contributed by atoms with E-state index in [9.17, 15) is 9.59 Å². The lowest BCUT2D eigenvalue weighted by molar-refractivity contribution is -0.127. The fraction of sp³-hybridized carbons (Fsp3) is 0.600. The van der Waals surface area contributed by atoms with E-state index in [0.717, 1.165) is 39.3 Å². The van der Waals surface area contributed by atoms with Crippen molar-refractivity contribution < 1.29 is 19.1 Å². The zero-order chi connectivity index (χ0) is 16.2. The van der Waals surface area contributed by atoms with E-state index in [2.05, 4.69) is 10.2 Å². The monoisotopic (exact) mass is 339 g/mol. The normalized spacial score (nSPS) is 25.4. The summed E-state index contributed by atoms with van der Waals surface area (Å²) in [6, 6.07) is 1.59. The topological polar surface area (TPSA) is 93.9 Å². The third-order valence-corrected chi connectivity index (χ3v) is 5.02. The van der Waals surface area contributed by atoms with Gasteiger partial charge in [-0.05, 0) is 18.9 Å². The Balaban J connectivity index is 1.47. The Labute approximate surface area is 138 Å². The van der Waals surface area contributed by atoms with Crippen molar-refractivity contribution in [3.8, 4) is 0 Å².